The van der Waals surface area contributed by atoms with Crippen molar-refractivity contribution in [2.24, 2.45) is 11.7 Å². The number of nitrogens with zero attached hydrogens (tertiary/aromatic N) is 2. The first-order valence-electron chi connectivity index (χ1n) is 7.96. The topological polar surface area (TPSA) is 49.6 Å². The van der Waals surface area contributed by atoms with Crippen LogP contribution in [0.2, 0.25) is 0 Å². The van der Waals surface area contributed by atoms with Gasteiger partial charge in [0, 0.05) is 45.2 Å². The van der Waals surface area contributed by atoms with Gasteiger partial charge in [0.15, 0.2) is 0 Å². The summed E-state index contributed by atoms with van der Waals surface area (Å²) in [6.45, 7) is 6.68. The van der Waals surface area contributed by atoms with E-state index in [-0.39, 0.29) is 0 Å². The van der Waals surface area contributed by atoms with E-state index in [2.05, 4.69) is 16.7 Å². The predicted octanol–water partition coefficient (Wildman–Crippen LogP) is 1.45. The second-order valence-electron chi connectivity index (χ2n) is 6.07. The molecule has 1 saturated carbocycles. The van der Waals surface area contributed by atoms with Crippen LogP contribution in [0.1, 0.15) is 45.4 Å². The molecule has 0 aromatic heterocycles. The van der Waals surface area contributed by atoms with E-state index in [0.29, 0.717) is 17.9 Å². The van der Waals surface area contributed by atoms with E-state index in [9.17, 15) is 4.79 Å². The van der Waals surface area contributed by atoms with E-state index in [1.807, 2.05) is 0 Å². The number of rotatable bonds is 5. The average molecular weight is 267 g/mol. The van der Waals surface area contributed by atoms with Gasteiger partial charge in [-0.2, -0.15) is 0 Å². The monoisotopic (exact) mass is 267 g/mol. The van der Waals surface area contributed by atoms with Crippen LogP contribution in [-0.2, 0) is 4.79 Å². The minimum Gasteiger partial charge on any atom is -0.340 e. The molecule has 19 heavy (non-hydrogen) atoms. The number of carbonyl (C=O) groups is 1. The van der Waals surface area contributed by atoms with Gasteiger partial charge in [-0.05, 0) is 25.2 Å². The summed E-state index contributed by atoms with van der Waals surface area (Å²) in [6, 6.07) is 0.493. The Morgan fingerprint density at radius 3 is 2.37 bits per heavy atom. The lowest BCUT2D eigenvalue weighted by Crippen LogP contribution is -2.53. The van der Waals surface area contributed by atoms with Crippen molar-refractivity contribution in [3.05, 3.63) is 0 Å². The number of amides is 1. The van der Waals surface area contributed by atoms with Crippen molar-refractivity contribution in [2.75, 3.05) is 32.7 Å². The van der Waals surface area contributed by atoms with Crippen molar-refractivity contribution in [3.63, 3.8) is 0 Å². The Balaban J connectivity index is 1.74. The van der Waals surface area contributed by atoms with Crippen molar-refractivity contribution >= 4 is 5.91 Å². The zero-order valence-corrected chi connectivity index (χ0v) is 12.3. The fraction of sp³-hybridized carbons (Fsp3) is 0.933. The van der Waals surface area contributed by atoms with Crippen molar-refractivity contribution < 1.29 is 4.79 Å². The van der Waals surface area contributed by atoms with E-state index in [4.69, 9.17) is 5.73 Å². The molecule has 1 aliphatic carbocycles. The quantitative estimate of drug-likeness (QED) is 0.820. The second kappa shape index (κ2) is 7.25. The lowest BCUT2D eigenvalue weighted by Gasteiger charge is -2.39. The minimum absolute atomic E-state index is 0.382. The Bertz CT molecular complexity index is 277. The van der Waals surface area contributed by atoms with Crippen LogP contribution in [0.25, 0.3) is 0 Å². The maximum atomic E-state index is 12.3. The molecule has 1 aliphatic heterocycles. The van der Waals surface area contributed by atoms with Gasteiger partial charge in [0.1, 0.15) is 0 Å². The fourth-order valence-corrected chi connectivity index (χ4v) is 3.50. The molecule has 0 aromatic carbocycles. The Kier molecular flexibility index (Phi) is 5.64. The molecule has 1 saturated heterocycles. The van der Waals surface area contributed by atoms with E-state index in [1.54, 1.807) is 0 Å². The first-order chi connectivity index (χ1) is 9.24. The van der Waals surface area contributed by atoms with Crippen molar-refractivity contribution in [1.29, 1.82) is 0 Å². The third-order valence-corrected chi connectivity index (χ3v) is 4.86. The van der Waals surface area contributed by atoms with Gasteiger partial charge in [-0.1, -0.05) is 19.8 Å². The summed E-state index contributed by atoms with van der Waals surface area (Å²) in [5.74, 6) is 1.05. The summed E-state index contributed by atoms with van der Waals surface area (Å²) >= 11 is 0. The first-order valence-corrected chi connectivity index (χ1v) is 7.96. The Morgan fingerprint density at radius 2 is 1.84 bits per heavy atom. The Labute approximate surface area is 117 Å². The number of nitrogens with two attached hydrogens (primary N) is 1. The predicted molar refractivity (Wildman–Crippen MR) is 77.9 cm³/mol. The first kappa shape index (κ1) is 14.8. The molecule has 0 bridgehead atoms. The molecule has 4 nitrogen and oxygen atoms in total. The van der Waals surface area contributed by atoms with E-state index >= 15 is 0 Å². The van der Waals surface area contributed by atoms with Crippen LogP contribution in [0.5, 0.6) is 0 Å². The molecule has 1 heterocycles. The highest BCUT2D eigenvalue weighted by molar-refractivity contribution is 5.76. The molecule has 2 fully saturated rings. The lowest BCUT2D eigenvalue weighted by atomic mass is 10.0. The third-order valence-electron chi connectivity index (χ3n) is 4.86. The van der Waals surface area contributed by atoms with E-state index in [1.165, 1.54) is 25.7 Å². The molecule has 0 aromatic rings. The van der Waals surface area contributed by atoms with Crippen LogP contribution >= 0.6 is 0 Å². The van der Waals surface area contributed by atoms with E-state index < -0.39 is 0 Å². The van der Waals surface area contributed by atoms with Gasteiger partial charge in [0.25, 0.3) is 0 Å². The maximum Gasteiger partial charge on any atom is 0.222 e. The van der Waals surface area contributed by atoms with Crippen molar-refractivity contribution in [2.45, 2.75) is 51.5 Å². The fourth-order valence-electron chi connectivity index (χ4n) is 3.50. The number of hydrogen-bond donors (Lipinski definition) is 1. The average Bonchev–Trinajstić information content (AvgIpc) is 2.94. The van der Waals surface area contributed by atoms with Crippen LogP contribution in [0.3, 0.4) is 0 Å². The van der Waals surface area contributed by atoms with Gasteiger partial charge in [-0.15, -0.1) is 0 Å². The second-order valence-corrected chi connectivity index (χ2v) is 6.07. The zero-order valence-electron chi connectivity index (χ0n) is 12.3. The molecular formula is C15H29N3O. The molecule has 2 rings (SSSR count). The van der Waals surface area contributed by atoms with Gasteiger partial charge in [0.05, 0.1) is 0 Å². The molecule has 1 atom stereocenters. The summed E-state index contributed by atoms with van der Waals surface area (Å²) in [4.78, 5) is 16.8. The standard InChI is InChI=1S/C15H29N3O/c1-2-14(12-16)17-7-9-18(10-8-17)15(19)11-13-5-3-4-6-13/h13-14H,2-12,16H2,1H3. The van der Waals surface area contributed by atoms with Crippen LogP contribution in [0, 0.1) is 5.92 Å². The van der Waals surface area contributed by atoms with Crippen molar-refractivity contribution in [1.82, 2.24) is 9.80 Å². The van der Waals surface area contributed by atoms with Crippen LogP contribution in [0.4, 0.5) is 0 Å². The molecule has 0 spiro atoms. The minimum atomic E-state index is 0.382. The molecule has 0 radical (unpaired) electrons. The number of carbonyl (C=O) groups excluding carboxylic acids is 1. The van der Waals surface area contributed by atoms with Crippen LogP contribution in [-0.4, -0.2) is 54.5 Å². The number of hydrogen-bond acceptors (Lipinski definition) is 3. The smallest absolute Gasteiger partial charge is 0.222 e. The van der Waals surface area contributed by atoms with Gasteiger partial charge in [-0.3, -0.25) is 9.69 Å². The highest BCUT2D eigenvalue weighted by Gasteiger charge is 2.26. The van der Waals surface area contributed by atoms with Crippen LogP contribution in [0.15, 0.2) is 0 Å². The maximum absolute atomic E-state index is 12.3. The molecule has 4 heteroatoms. The van der Waals surface area contributed by atoms with Crippen molar-refractivity contribution in [3.8, 4) is 0 Å². The van der Waals surface area contributed by atoms with Crippen LogP contribution < -0.4 is 5.73 Å². The largest absolute Gasteiger partial charge is 0.340 e. The van der Waals surface area contributed by atoms with Gasteiger partial charge in [0.2, 0.25) is 5.91 Å². The summed E-state index contributed by atoms with van der Waals surface area (Å²) in [7, 11) is 0. The third kappa shape index (κ3) is 3.93. The number of piperazine rings is 1. The molecule has 110 valence electrons. The summed E-state index contributed by atoms with van der Waals surface area (Å²) in [5, 5.41) is 0. The van der Waals surface area contributed by atoms with Gasteiger partial charge in [-0.25, -0.2) is 0 Å². The molecular weight excluding hydrogens is 238 g/mol. The van der Waals surface area contributed by atoms with Gasteiger partial charge < -0.3 is 10.6 Å². The molecule has 2 aliphatic rings. The SMILES string of the molecule is CCC(CN)N1CCN(C(=O)CC2CCCC2)CC1. The van der Waals surface area contributed by atoms with E-state index in [0.717, 1.165) is 45.6 Å². The summed E-state index contributed by atoms with van der Waals surface area (Å²) in [5.41, 5.74) is 5.80. The summed E-state index contributed by atoms with van der Waals surface area (Å²) in [6.07, 6.45) is 7.05. The molecule has 1 unspecified atom stereocenters. The van der Waals surface area contributed by atoms with Gasteiger partial charge >= 0.3 is 0 Å². The zero-order chi connectivity index (χ0) is 13.7. The normalized spacial score (nSPS) is 23.8. The highest BCUT2D eigenvalue weighted by Crippen LogP contribution is 2.28. The molecule has 2 N–H and O–H groups in total. The Hall–Kier alpha value is -0.610. The summed E-state index contributed by atoms with van der Waals surface area (Å²) < 4.78 is 0. The lowest BCUT2D eigenvalue weighted by molar-refractivity contribution is -0.134. The molecule has 1 amide bonds. The highest BCUT2D eigenvalue weighted by atomic mass is 16.2. The Morgan fingerprint density at radius 1 is 1.21 bits per heavy atom.